The van der Waals surface area contributed by atoms with Gasteiger partial charge < -0.3 is 24.3 Å². The van der Waals surface area contributed by atoms with Crippen molar-refractivity contribution in [3.63, 3.8) is 0 Å². The first-order valence-corrected chi connectivity index (χ1v) is 11.3. The molecule has 34 heavy (non-hydrogen) atoms. The number of likely N-dealkylation sites (N-methyl/N-ethyl adjacent to an activating group) is 1. The number of likely N-dealkylation sites (tertiary alicyclic amines) is 1. The molecule has 0 spiro atoms. The monoisotopic (exact) mass is 472 g/mol. The number of rotatable bonds is 5. The number of piperazine rings is 1. The maximum atomic E-state index is 13.3. The lowest BCUT2D eigenvalue weighted by atomic mass is 9.93. The molecule has 4 amide bonds. The SMILES string of the molecule is COCC(=O)N(C)[C@@H]1CC[C@H](C(=O)N2CCN(c3ccc(C#N)cc3C)CC2)CN1C(=O)NO. The summed E-state index contributed by atoms with van der Waals surface area (Å²) >= 11 is 0. The standard InChI is InChI=1S/C23H32N6O5/c1-16-12-17(13-24)4-6-19(16)27-8-10-28(11-9-27)22(31)18-5-7-20(26(2)21(30)15-34-3)29(14-18)23(32)25-33/h4,6,12,18,20,33H,5,7-11,14-15H2,1-3H3,(H,25,32)/t18-,20-/m0/s1. The molecule has 2 heterocycles. The van der Waals surface area contributed by atoms with Crippen LogP contribution in [0.2, 0.25) is 0 Å². The van der Waals surface area contributed by atoms with E-state index in [4.69, 9.17) is 10.00 Å². The third kappa shape index (κ3) is 5.40. The Kier molecular flexibility index (Phi) is 8.31. The number of nitrogens with zero attached hydrogens (tertiary/aromatic N) is 5. The van der Waals surface area contributed by atoms with E-state index in [2.05, 4.69) is 11.0 Å². The van der Waals surface area contributed by atoms with Crippen LogP contribution < -0.4 is 10.4 Å². The first kappa shape index (κ1) is 25.3. The number of urea groups is 1. The van der Waals surface area contributed by atoms with E-state index in [0.29, 0.717) is 44.6 Å². The second kappa shape index (κ2) is 11.2. The highest BCUT2D eigenvalue weighted by molar-refractivity contribution is 5.82. The Morgan fingerprint density at radius 3 is 2.53 bits per heavy atom. The van der Waals surface area contributed by atoms with Gasteiger partial charge in [0.25, 0.3) is 0 Å². The number of nitrogens with one attached hydrogen (secondary N) is 1. The predicted molar refractivity (Wildman–Crippen MR) is 123 cm³/mol. The summed E-state index contributed by atoms with van der Waals surface area (Å²) < 4.78 is 4.90. The fraction of sp³-hybridized carbons (Fsp3) is 0.565. The smallest absolute Gasteiger partial charge is 0.342 e. The van der Waals surface area contributed by atoms with Crippen LogP contribution in [-0.4, -0.2) is 97.4 Å². The van der Waals surface area contributed by atoms with Crippen molar-refractivity contribution in [2.75, 3.05) is 58.4 Å². The van der Waals surface area contributed by atoms with Crippen molar-refractivity contribution < 1.29 is 24.3 Å². The molecule has 0 saturated carbocycles. The topological polar surface area (TPSA) is 129 Å². The van der Waals surface area contributed by atoms with Gasteiger partial charge in [0.1, 0.15) is 12.8 Å². The molecule has 0 bridgehead atoms. The summed E-state index contributed by atoms with van der Waals surface area (Å²) in [6.07, 6.45) is 0.369. The van der Waals surface area contributed by atoms with Crippen LogP contribution in [0.4, 0.5) is 10.5 Å². The molecule has 0 radical (unpaired) electrons. The van der Waals surface area contributed by atoms with Gasteiger partial charge in [0.15, 0.2) is 0 Å². The van der Waals surface area contributed by atoms with Crippen LogP contribution in [0.25, 0.3) is 0 Å². The van der Waals surface area contributed by atoms with E-state index < -0.39 is 18.1 Å². The number of aryl methyl sites for hydroxylation is 1. The lowest BCUT2D eigenvalue weighted by Crippen LogP contribution is -2.60. The van der Waals surface area contributed by atoms with Crippen molar-refractivity contribution in [1.82, 2.24) is 20.2 Å². The number of hydrogen-bond acceptors (Lipinski definition) is 7. The first-order chi connectivity index (χ1) is 16.3. The summed E-state index contributed by atoms with van der Waals surface area (Å²) in [6.45, 7) is 4.41. The van der Waals surface area contributed by atoms with Gasteiger partial charge in [-0.1, -0.05) is 0 Å². The van der Waals surface area contributed by atoms with Gasteiger partial charge in [-0.25, -0.2) is 10.3 Å². The van der Waals surface area contributed by atoms with Crippen molar-refractivity contribution in [2.45, 2.75) is 25.9 Å². The second-order valence-electron chi connectivity index (χ2n) is 8.69. The Hall–Kier alpha value is -3.36. The highest BCUT2D eigenvalue weighted by Gasteiger charge is 2.39. The third-order valence-corrected chi connectivity index (χ3v) is 6.62. The van der Waals surface area contributed by atoms with Gasteiger partial charge in [0, 0.05) is 52.6 Å². The molecular formula is C23H32N6O5. The van der Waals surface area contributed by atoms with Gasteiger partial charge >= 0.3 is 6.03 Å². The molecule has 0 aromatic heterocycles. The number of benzene rings is 1. The zero-order valence-corrected chi connectivity index (χ0v) is 19.9. The normalized spacial score (nSPS) is 20.5. The van der Waals surface area contributed by atoms with Crippen LogP contribution in [0.15, 0.2) is 18.2 Å². The number of hydroxylamine groups is 1. The number of methoxy groups -OCH3 is 1. The van der Waals surface area contributed by atoms with Crippen LogP contribution >= 0.6 is 0 Å². The summed E-state index contributed by atoms with van der Waals surface area (Å²) in [5.74, 6) is -0.735. The van der Waals surface area contributed by atoms with Crippen LogP contribution in [0.3, 0.4) is 0 Å². The molecule has 2 N–H and O–H groups in total. The maximum Gasteiger partial charge on any atom is 0.342 e. The van der Waals surface area contributed by atoms with Crippen LogP contribution in [-0.2, 0) is 14.3 Å². The predicted octanol–water partition coefficient (Wildman–Crippen LogP) is 0.757. The third-order valence-electron chi connectivity index (χ3n) is 6.62. The molecule has 2 aliphatic rings. The number of ether oxygens (including phenoxy) is 1. The molecule has 184 valence electrons. The van der Waals surface area contributed by atoms with E-state index in [9.17, 15) is 19.6 Å². The average Bonchev–Trinajstić information content (AvgIpc) is 2.87. The zero-order valence-electron chi connectivity index (χ0n) is 19.9. The number of nitriles is 1. The van der Waals surface area contributed by atoms with Crippen LogP contribution in [0.1, 0.15) is 24.0 Å². The van der Waals surface area contributed by atoms with E-state index >= 15 is 0 Å². The summed E-state index contributed by atoms with van der Waals surface area (Å²) in [7, 11) is 3.00. The Morgan fingerprint density at radius 2 is 1.94 bits per heavy atom. The van der Waals surface area contributed by atoms with E-state index in [1.807, 2.05) is 24.0 Å². The summed E-state index contributed by atoms with van der Waals surface area (Å²) in [6, 6.07) is 7.00. The fourth-order valence-electron chi connectivity index (χ4n) is 4.74. The minimum Gasteiger partial charge on any atom is -0.375 e. The Bertz CT molecular complexity index is 956. The van der Waals surface area contributed by atoms with E-state index in [0.717, 1.165) is 11.3 Å². The molecule has 1 aromatic carbocycles. The molecule has 2 fully saturated rings. The first-order valence-electron chi connectivity index (χ1n) is 11.3. The van der Waals surface area contributed by atoms with Gasteiger partial charge in [-0.3, -0.25) is 14.8 Å². The molecule has 1 aromatic rings. The lowest BCUT2D eigenvalue weighted by molar-refractivity contribution is -0.143. The largest absolute Gasteiger partial charge is 0.375 e. The van der Waals surface area contributed by atoms with Gasteiger partial charge in [-0.15, -0.1) is 0 Å². The summed E-state index contributed by atoms with van der Waals surface area (Å²) in [5, 5.41) is 18.3. The Morgan fingerprint density at radius 1 is 1.24 bits per heavy atom. The molecule has 2 saturated heterocycles. The van der Waals surface area contributed by atoms with Gasteiger partial charge in [0.2, 0.25) is 11.8 Å². The highest BCUT2D eigenvalue weighted by Crippen LogP contribution is 2.27. The van der Waals surface area contributed by atoms with Crippen molar-refractivity contribution in [1.29, 1.82) is 5.26 Å². The highest BCUT2D eigenvalue weighted by atomic mass is 16.5. The van der Waals surface area contributed by atoms with Crippen molar-refractivity contribution in [2.24, 2.45) is 5.92 Å². The van der Waals surface area contributed by atoms with Gasteiger partial charge in [-0.05, 0) is 43.5 Å². The maximum absolute atomic E-state index is 13.3. The minimum absolute atomic E-state index is 0.0312. The van der Waals surface area contributed by atoms with Gasteiger partial charge in [0.05, 0.1) is 17.6 Å². The van der Waals surface area contributed by atoms with Crippen LogP contribution in [0, 0.1) is 24.2 Å². The Balaban J connectivity index is 1.63. The quantitative estimate of drug-likeness (QED) is 0.478. The van der Waals surface area contributed by atoms with Crippen molar-refractivity contribution in [3.8, 4) is 6.07 Å². The molecule has 3 rings (SSSR count). The van der Waals surface area contributed by atoms with Crippen molar-refractivity contribution in [3.05, 3.63) is 29.3 Å². The number of hydrogen-bond donors (Lipinski definition) is 2. The number of amides is 4. The number of piperidine rings is 1. The number of carbonyl (C=O) groups is 3. The van der Waals surface area contributed by atoms with E-state index in [1.54, 1.807) is 18.6 Å². The lowest BCUT2D eigenvalue weighted by Gasteiger charge is -2.44. The molecule has 2 atom stereocenters. The van der Waals surface area contributed by atoms with Crippen LogP contribution in [0.5, 0.6) is 0 Å². The minimum atomic E-state index is -0.749. The van der Waals surface area contributed by atoms with Gasteiger partial charge in [-0.2, -0.15) is 5.26 Å². The molecule has 2 aliphatic heterocycles. The van der Waals surface area contributed by atoms with E-state index in [1.165, 1.54) is 16.9 Å². The number of carbonyl (C=O) groups excluding carboxylic acids is 3. The average molecular weight is 473 g/mol. The summed E-state index contributed by atoms with van der Waals surface area (Å²) in [5.41, 5.74) is 4.33. The zero-order chi connectivity index (χ0) is 24.8. The molecule has 11 nitrogen and oxygen atoms in total. The Labute approximate surface area is 199 Å². The second-order valence-corrected chi connectivity index (χ2v) is 8.69. The summed E-state index contributed by atoms with van der Waals surface area (Å²) in [4.78, 5) is 44.6. The molecule has 0 aliphatic carbocycles. The molecular weight excluding hydrogens is 440 g/mol. The van der Waals surface area contributed by atoms with Crippen molar-refractivity contribution >= 4 is 23.5 Å². The molecule has 11 heteroatoms. The number of anilines is 1. The molecule has 0 unspecified atom stereocenters. The fourth-order valence-corrected chi connectivity index (χ4v) is 4.74. The van der Waals surface area contributed by atoms with E-state index in [-0.39, 0.29) is 25.0 Å².